The molecule has 2 bridgehead atoms. The molecule has 1 aromatic heterocycles. The van der Waals surface area contributed by atoms with Gasteiger partial charge in [-0.05, 0) is 44.0 Å². The van der Waals surface area contributed by atoms with E-state index in [-0.39, 0.29) is 0 Å². The summed E-state index contributed by atoms with van der Waals surface area (Å²) in [6, 6.07) is 6.16. The average molecular weight is 257 g/mol. The molecule has 2 aliphatic heterocycles. The fourth-order valence-electron chi connectivity index (χ4n) is 3.60. The molecule has 0 radical (unpaired) electrons. The number of nitrogens with zero attached hydrogens (tertiary/aromatic N) is 1. The SMILES string of the molecule is COc1ccc2oc3c(c2c1)CCN1CCCC3C1. The molecule has 19 heavy (non-hydrogen) atoms. The molecule has 2 aromatic rings. The molecule has 2 atom stereocenters. The number of piperidine rings is 1. The van der Waals surface area contributed by atoms with E-state index in [2.05, 4.69) is 11.0 Å². The highest BCUT2D eigenvalue weighted by molar-refractivity contribution is 5.84. The largest absolute Gasteiger partial charge is 0.497 e. The van der Waals surface area contributed by atoms with Crippen LogP contribution in [0.2, 0.25) is 0 Å². The molecule has 2 unspecified atom stereocenters. The van der Waals surface area contributed by atoms with Gasteiger partial charge in [-0.1, -0.05) is 0 Å². The van der Waals surface area contributed by atoms with E-state index in [9.17, 15) is 0 Å². The van der Waals surface area contributed by atoms with E-state index in [0.717, 1.165) is 24.3 Å². The summed E-state index contributed by atoms with van der Waals surface area (Å²) in [5.41, 5.74) is 2.44. The van der Waals surface area contributed by atoms with Gasteiger partial charge in [-0.25, -0.2) is 0 Å². The summed E-state index contributed by atoms with van der Waals surface area (Å²) in [5, 5.41) is 1.25. The minimum Gasteiger partial charge on any atom is -0.497 e. The van der Waals surface area contributed by atoms with Crippen LogP contribution in [0.1, 0.15) is 30.1 Å². The van der Waals surface area contributed by atoms with E-state index in [0.29, 0.717) is 5.92 Å². The van der Waals surface area contributed by atoms with E-state index in [1.165, 1.54) is 42.6 Å². The Morgan fingerprint density at radius 3 is 3.16 bits per heavy atom. The van der Waals surface area contributed by atoms with Gasteiger partial charge in [-0.15, -0.1) is 0 Å². The topological polar surface area (TPSA) is 25.6 Å². The number of furan rings is 1. The molecular weight excluding hydrogens is 238 g/mol. The van der Waals surface area contributed by atoms with Gasteiger partial charge in [0.05, 0.1) is 7.11 Å². The molecule has 4 rings (SSSR count). The number of hydrogen-bond donors (Lipinski definition) is 0. The summed E-state index contributed by atoms with van der Waals surface area (Å²) in [5.74, 6) is 2.75. The molecular formula is C16H19NO2. The first-order valence-corrected chi connectivity index (χ1v) is 7.17. The summed E-state index contributed by atoms with van der Waals surface area (Å²) in [7, 11) is 1.72. The second-order valence-electron chi connectivity index (χ2n) is 5.70. The van der Waals surface area contributed by atoms with Gasteiger partial charge in [0.25, 0.3) is 0 Å². The Labute approximate surface area is 113 Å². The van der Waals surface area contributed by atoms with Crippen molar-refractivity contribution in [2.75, 3.05) is 26.7 Å². The summed E-state index contributed by atoms with van der Waals surface area (Å²) in [4.78, 5) is 2.58. The molecule has 0 amide bonds. The zero-order valence-corrected chi connectivity index (χ0v) is 11.3. The third-order valence-electron chi connectivity index (χ3n) is 4.58. The van der Waals surface area contributed by atoms with E-state index in [1.807, 2.05) is 12.1 Å². The molecule has 1 fully saturated rings. The van der Waals surface area contributed by atoms with E-state index in [1.54, 1.807) is 7.11 Å². The molecule has 2 aliphatic rings. The van der Waals surface area contributed by atoms with Crippen LogP contribution in [0, 0.1) is 0 Å². The van der Waals surface area contributed by atoms with Crippen LogP contribution >= 0.6 is 0 Å². The number of rotatable bonds is 1. The fraction of sp³-hybridized carbons (Fsp3) is 0.500. The summed E-state index contributed by atoms with van der Waals surface area (Å²) >= 11 is 0. The number of methoxy groups -OCH3 is 1. The summed E-state index contributed by atoms with van der Waals surface area (Å²) in [6.45, 7) is 3.58. The van der Waals surface area contributed by atoms with Crippen molar-refractivity contribution in [2.45, 2.75) is 25.2 Å². The lowest BCUT2D eigenvalue weighted by atomic mass is 9.94. The molecule has 0 saturated carbocycles. The monoisotopic (exact) mass is 257 g/mol. The van der Waals surface area contributed by atoms with Gasteiger partial charge in [0, 0.05) is 30.0 Å². The number of hydrogen-bond acceptors (Lipinski definition) is 3. The lowest BCUT2D eigenvalue weighted by Crippen LogP contribution is -2.33. The van der Waals surface area contributed by atoms with Gasteiger partial charge < -0.3 is 14.1 Å². The summed E-state index contributed by atoms with van der Waals surface area (Å²) in [6.07, 6.45) is 3.66. The first-order chi connectivity index (χ1) is 9.35. The van der Waals surface area contributed by atoms with E-state index in [4.69, 9.17) is 9.15 Å². The van der Waals surface area contributed by atoms with Crippen LogP contribution in [0.3, 0.4) is 0 Å². The van der Waals surface area contributed by atoms with Crippen molar-refractivity contribution in [3.8, 4) is 5.75 Å². The van der Waals surface area contributed by atoms with Crippen LogP contribution in [0.25, 0.3) is 11.0 Å². The Bertz CT molecular complexity index is 616. The molecule has 0 N–H and O–H groups in total. The predicted molar refractivity (Wildman–Crippen MR) is 74.9 cm³/mol. The normalized spacial score (nSPS) is 25.9. The third kappa shape index (κ3) is 1.76. The van der Waals surface area contributed by atoms with Gasteiger partial charge in [-0.2, -0.15) is 0 Å². The minimum absolute atomic E-state index is 0.588. The molecule has 1 saturated heterocycles. The van der Waals surface area contributed by atoms with Crippen molar-refractivity contribution in [1.82, 2.24) is 4.90 Å². The Hall–Kier alpha value is -1.48. The van der Waals surface area contributed by atoms with Gasteiger partial charge in [0.1, 0.15) is 17.1 Å². The van der Waals surface area contributed by atoms with Crippen LogP contribution in [0.5, 0.6) is 5.75 Å². The summed E-state index contributed by atoms with van der Waals surface area (Å²) < 4.78 is 11.5. The highest BCUT2D eigenvalue weighted by Crippen LogP contribution is 2.39. The number of benzene rings is 1. The maximum absolute atomic E-state index is 6.17. The number of fused-ring (bicyclic) bond motifs is 6. The standard InChI is InChI=1S/C16H19NO2/c1-18-12-4-5-15-14(9-12)13-6-8-17-7-2-3-11(10-17)16(13)19-15/h4-5,9,11H,2-3,6-8,10H2,1H3. The zero-order valence-electron chi connectivity index (χ0n) is 11.3. The Balaban J connectivity index is 1.88. The Morgan fingerprint density at radius 1 is 1.32 bits per heavy atom. The molecule has 3 heterocycles. The lowest BCUT2D eigenvalue weighted by Gasteiger charge is -2.29. The molecule has 3 nitrogen and oxygen atoms in total. The average Bonchev–Trinajstić information content (AvgIpc) is 2.77. The van der Waals surface area contributed by atoms with Gasteiger partial charge in [-0.3, -0.25) is 0 Å². The predicted octanol–water partition coefficient (Wildman–Crippen LogP) is 3.18. The van der Waals surface area contributed by atoms with Gasteiger partial charge in [0.15, 0.2) is 0 Å². The maximum Gasteiger partial charge on any atom is 0.134 e. The molecule has 0 aliphatic carbocycles. The lowest BCUT2D eigenvalue weighted by molar-refractivity contribution is 0.210. The van der Waals surface area contributed by atoms with Crippen molar-refractivity contribution in [3.05, 3.63) is 29.5 Å². The fourth-order valence-corrected chi connectivity index (χ4v) is 3.60. The minimum atomic E-state index is 0.588. The van der Waals surface area contributed by atoms with Crippen LogP contribution in [0.15, 0.2) is 22.6 Å². The highest BCUT2D eigenvalue weighted by atomic mass is 16.5. The van der Waals surface area contributed by atoms with Crippen LogP contribution in [-0.2, 0) is 6.42 Å². The smallest absolute Gasteiger partial charge is 0.134 e. The Kier molecular flexibility index (Phi) is 2.55. The number of ether oxygens (including phenoxy) is 1. The van der Waals surface area contributed by atoms with Gasteiger partial charge >= 0.3 is 0 Å². The zero-order chi connectivity index (χ0) is 12.8. The molecule has 100 valence electrons. The second kappa shape index (κ2) is 4.27. The van der Waals surface area contributed by atoms with Gasteiger partial charge in [0.2, 0.25) is 0 Å². The van der Waals surface area contributed by atoms with Crippen molar-refractivity contribution >= 4 is 11.0 Å². The quantitative estimate of drug-likeness (QED) is 0.784. The first-order valence-electron chi connectivity index (χ1n) is 7.17. The van der Waals surface area contributed by atoms with E-state index < -0.39 is 0 Å². The molecule has 1 aromatic carbocycles. The Morgan fingerprint density at radius 2 is 2.26 bits per heavy atom. The second-order valence-corrected chi connectivity index (χ2v) is 5.70. The first kappa shape index (κ1) is 11.4. The van der Waals surface area contributed by atoms with Crippen LogP contribution in [0.4, 0.5) is 0 Å². The van der Waals surface area contributed by atoms with E-state index >= 15 is 0 Å². The third-order valence-corrected chi connectivity index (χ3v) is 4.58. The van der Waals surface area contributed by atoms with Crippen LogP contribution < -0.4 is 4.74 Å². The molecule has 3 heteroatoms. The van der Waals surface area contributed by atoms with Crippen LogP contribution in [-0.4, -0.2) is 31.6 Å². The van der Waals surface area contributed by atoms with Crippen molar-refractivity contribution in [3.63, 3.8) is 0 Å². The maximum atomic E-state index is 6.17. The van der Waals surface area contributed by atoms with Crippen molar-refractivity contribution in [2.24, 2.45) is 0 Å². The van der Waals surface area contributed by atoms with Crippen molar-refractivity contribution in [1.29, 1.82) is 0 Å². The highest BCUT2D eigenvalue weighted by Gasteiger charge is 2.30. The molecule has 0 spiro atoms. The van der Waals surface area contributed by atoms with Crippen molar-refractivity contribution < 1.29 is 9.15 Å².